The summed E-state index contributed by atoms with van der Waals surface area (Å²) in [5, 5.41) is 2.81. The number of ether oxygens (including phenoxy) is 3. The van der Waals surface area contributed by atoms with Gasteiger partial charge in [0.25, 0.3) is 0 Å². The summed E-state index contributed by atoms with van der Waals surface area (Å²) < 4.78 is 16.1. The molecule has 0 aliphatic carbocycles. The number of nitrogens with one attached hydrogen (secondary N) is 1. The minimum atomic E-state index is -0.152. The molecule has 0 fully saturated rings. The first-order chi connectivity index (χ1) is 12.6. The van der Waals surface area contributed by atoms with Crippen molar-refractivity contribution in [1.82, 2.24) is 5.32 Å². The summed E-state index contributed by atoms with van der Waals surface area (Å²) >= 11 is 1.61. The van der Waals surface area contributed by atoms with Gasteiger partial charge in [0, 0.05) is 17.9 Å². The number of hydrogen-bond acceptors (Lipinski definition) is 5. The molecule has 0 aromatic heterocycles. The fourth-order valence-corrected chi connectivity index (χ4v) is 3.37. The van der Waals surface area contributed by atoms with E-state index >= 15 is 0 Å². The molecule has 2 rings (SSSR count). The van der Waals surface area contributed by atoms with Gasteiger partial charge in [-0.2, -0.15) is 0 Å². The Morgan fingerprint density at radius 3 is 2.31 bits per heavy atom. The van der Waals surface area contributed by atoms with Crippen molar-refractivity contribution in [2.24, 2.45) is 0 Å². The molecule has 26 heavy (non-hydrogen) atoms. The molecular weight excluding hydrogens is 350 g/mol. The highest BCUT2D eigenvalue weighted by molar-refractivity contribution is 7.99. The minimum absolute atomic E-state index is 0.0113. The van der Waals surface area contributed by atoms with E-state index in [1.54, 1.807) is 39.2 Å². The number of carbonyl (C=O) groups excluding carboxylic acids is 1. The van der Waals surface area contributed by atoms with Crippen LogP contribution in [0.3, 0.4) is 0 Å². The van der Waals surface area contributed by atoms with Crippen LogP contribution in [0.2, 0.25) is 0 Å². The third kappa shape index (κ3) is 5.08. The molecule has 0 saturated carbocycles. The van der Waals surface area contributed by atoms with Crippen LogP contribution in [0, 0.1) is 0 Å². The Balaban J connectivity index is 1.96. The van der Waals surface area contributed by atoms with Gasteiger partial charge in [0.1, 0.15) is 0 Å². The van der Waals surface area contributed by atoms with Crippen molar-refractivity contribution in [2.75, 3.05) is 21.3 Å². The van der Waals surface area contributed by atoms with Gasteiger partial charge in [-0.15, -0.1) is 11.8 Å². The van der Waals surface area contributed by atoms with Crippen molar-refractivity contribution in [1.29, 1.82) is 0 Å². The van der Waals surface area contributed by atoms with E-state index in [9.17, 15) is 4.79 Å². The molecule has 0 bridgehead atoms. The van der Waals surface area contributed by atoms with E-state index in [1.807, 2.05) is 31.2 Å². The molecule has 2 aromatic rings. The van der Waals surface area contributed by atoms with Crippen molar-refractivity contribution in [3.8, 4) is 17.2 Å². The number of benzene rings is 2. The maximum atomic E-state index is 12.4. The summed E-state index contributed by atoms with van der Waals surface area (Å²) in [6, 6.07) is 13.8. The quantitative estimate of drug-likeness (QED) is 0.725. The first kappa shape index (κ1) is 20.0. The molecule has 0 heterocycles. The van der Waals surface area contributed by atoms with E-state index in [0.29, 0.717) is 23.8 Å². The zero-order chi connectivity index (χ0) is 18.9. The van der Waals surface area contributed by atoms with E-state index in [2.05, 4.69) is 17.4 Å². The average molecular weight is 375 g/mol. The van der Waals surface area contributed by atoms with Gasteiger partial charge in [-0.3, -0.25) is 4.79 Å². The predicted octanol–water partition coefficient (Wildman–Crippen LogP) is 3.65. The highest BCUT2D eigenvalue weighted by Gasteiger charge is 2.18. The Morgan fingerprint density at radius 1 is 1.00 bits per heavy atom. The number of thioether (sulfide) groups is 1. The summed E-state index contributed by atoms with van der Waals surface area (Å²) in [6.45, 7) is 2.27. The van der Waals surface area contributed by atoms with Crippen LogP contribution < -0.4 is 19.5 Å². The van der Waals surface area contributed by atoms with Gasteiger partial charge in [-0.05, 0) is 24.6 Å². The largest absolute Gasteiger partial charge is 0.493 e. The van der Waals surface area contributed by atoms with Gasteiger partial charge in [0.15, 0.2) is 11.5 Å². The van der Waals surface area contributed by atoms with Crippen molar-refractivity contribution in [3.05, 3.63) is 53.6 Å². The standard InChI is InChI=1S/C20H25NO4S/c1-14(26-13-15-8-6-5-7-9-15)20(22)21-12-16-10-11-17(23-2)19(25-4)18(16)24-3/h5-11,14H,12-13H2,1-4H3,(H,21,22)/t14-/m1/s1. The monoisotopic (exact) mass is 375 g/mol. The maximum Gasteiger partial charge on any atom is 0.233 e. The fraction of sp³-hybridized carbons (Fsp3) is 0.350. The van der Waals surface area contributed by atoms with Crippen LogP contribution >= 0.6 is 11.8 Å². The van der Waals surface area contributed by atoms with E-state index in [0.717, 1.165) is 11.3 Å². The van der Waals surface area contributed by atoms with Crippen LogP contribution in [0.1, 0.15) is 18.1 Å². The molecule has 1 atom stereocenters. The molecule has 5 nitrogen and oxygen atoms in total. The zero-order valence-electron chi connectivity index (χ0n) is 15.6. The lowest BCUT2D eigenvalue weighted by Gasteiger charge is -2.17. The molecule has 1 N–H and O–H groups in total. The summed E-state index contributed by atoms with van der Waals surface area (Å²) in [4.78, 5) is 12.4. The summed E-state index contributed by atoms with van der Waals surface area (Å²) in [5.41, 5.74) is 2.04. The van der Waals surface area contributed by atoms with Crippen molar-refractivity contribution >= 4 is 17.7 Å². The molecule has 0 radical (unpaired) electrons. The lowest BCUT2D eigenvalue weighted by molar-refractivity contribution is -0.120. The molecule has 0 spiro atoms. The topological polar surface area (TPSA) is 56.8 Å². The predicted molar refractivity (Wildman–Crippen MR) is 105 cm³/mol. The van der Waals surface area contributed by atoms with Gasteiger partial charge in [-0.1, -0.05) is 30.3 Å². The van der Waals surface area contributed by atoms with Crippen molar-refractivity contribution in [3.63, 3.8) is 0 Å². The molecule has 140 valence electrons. The highest BCUT2D eigenvalue weighted by atomic mass is 32.2. The van der Waals surface area contributed by atoms with Crippen LogP contribution in [0.5, 0.6) is 17.2 Å². The second-order valence-corrected chi connectivity index (χ2v) is 6.98. The van der Waals surface area contributed by atoms with Crippen LogP contribution in [0.15, 0.2) is 42.5 Å². The zero-order valence-corrected chi connectivity index (χ0v) is 16.4. The smallest absolute Gasteiger partial charge is 0.233 e. The second kappa shape index (κ2) is 9.97. The number of amides is 1. The van der Waals surface area contributed by atoms with Gasteiger partial charge in [-0.25, -0.2) is 0 Å². The molecule has 6 heteroatoms. The number of methoxy groups -OCH3 is 3. The Hall–Kier alpha value is -2.34. The Bertz CT molecular complexity index is 721. The summed E-state index contributed by atoms with van der Waals surface area (Å²) in [6.07, 6.45) is 0. The number of rotatable bonds is 9. The van der Waals surface area contributed by atoms with Crippen molar-refractivity contribution in [2.45, 2.75) is 24.5 Å². The normalized spacial score (nSPS) is 11.5. The summed E-state index contributed by atoms with van der Waals surface area (Å²) in [5.74, 6) is 2.47. The average Bonchev–Trinajstić information content (AvgIpc) is 2.69. The van der Waals surface area contributed by atoms with E-state index in [-0.39, 0.29) is 11.2 Å². The minimum Gasteiger partial charge on any atom is -0.493 e. The highest BCUT2D eigenvalue weighted by Crippen LogP contribution is 2.39. The lowest BCUT2D eigenvalue weighted by Crippen LogP contribution is -2.30. The van der Waals surface area contributed by atoms with Gasteiger partial charge < -0.3 is 19.5 Å². The Labute approximate surface area is 159 Å². The van der Waals surface area contributed by atoms with E-state index in [1.165, 1.54) is 5.56 Å². The van der Waals surface area contributed by atoms with Crippen LogP contribution in [-0.4, -0.2) is 32.5 Å². The number of hydrogen-bond donors (Lipinski definition) is 1. The van der Waals surface area contributed by atoms with Crippen LogP contribution in [0.4, 0.5) is 0 Å². The Kier molecular flexibility index (Phi) is 7.66. The first-order valence-electron chi connectivity index (χ1n) is 8.31. The van der Waals surface area contributed by atoms with E-state index < -0.39 is 0 Å². The second-order valence-electron chi connectivity index (χ2n) is 5.65. The number of carbonyl (C=O) groups is 1. The van der Waals surface area contributed by atoms with E-state index in [4.69, 9.17) is 14.2 Å². The molecule has 0 saturated heterocycles. The summed E-state index contributed by atoms with van der Waals surface area (Å²) in [7, 11) is 4.70. The molecule has 0 aliphatic heterocycles. The molecule has 2 aromatic carbocycles. The molecule has 1 amide bonds. The Morgan fingerprint density at radius 2 is 1.69 bits per heavy atom. The maximum absolute atomic E-state index is 12.4. The van der Waals surface area contributed by atoms with Crippen molar-refractivity contribution < 1.29 is 19.0 Å². The van der Waals surface area contributed by atoms with Crippen LogP contribution in [0.25, 0.3) is 0 Å². The molecule has 0 aliphatic rings. The van der Waals surface area contributed by atoms with Gasteiger partial charge >= 0.3 is 0 Å². The van der Waals surface area contributed by atoms with Crippen LogP contribution in [-0.2, 0) is 17.1 Å². The van der Waals surface area contributed by atoms with Gasteiger partial charge in [0.05, 0.1) is 26.6 Å². The lowest BCUT2D eigenvalue weighted by atomic mass is 10.1. The first-order valence-corrected chi connectivity index (χ1v) is 9.36. The molecule has 0 unspecified atom stereocenters. The SMILES string of the molecule is COc1ccc(CNC(=O)[C@@H](C)SCc2ccccc2)c(OC)c1OC. The van der Waals surface area contributed by atoms with Gasteiger partial charge in [0.2, 0.25) is 11.7 Å². The fourth-order valence-electron chi connectivity index (χ4n) is 2.50. The third-order valence-electron chi connectivity index (χ3n) is 3.95. The third-order valence-corrected chi connectivity index (χ3v) is 5.16. The molecular formula is C20H25NO4S.